The number of hydrogen-bond acceptors (Lipinski definition) is 6. The number of aromatic nitrogens is 1. The SMILES string of the molecule is O=C(c1cccnc1)N1N=C(c2ccc(O)cc2)CC1c1ccc([N+](=O)[O-])cc1. The Bertz CT molecular complexity index is 1080. The van der Waals surface area contributed by atoms with Crippen LogP contribution in [0.1, 0.15) is 33.9 Å². The van der Waals surface area contributed by atoms with Gasteiger partial charge in [-0.05, 0) is 47.5 Å². The van der Waals surface area contributed by atoms with Crippen molar-refractivity contribution in [1.82, 2.24) is 9.99 Å². The summed E-state index contributed by atoms with van der Waals surface area (Å²) < 4.78 is 0. The normalized spacial score (nSPS) is 15.8. The first-order chi connectivity index (χ1) is 14.0. The summed E-state index contributed by atoms with van der Waals surface area (Å²) >= 11 is 0. The summed E-state index contributed by atoms with van der Waals surface area (Å²) in [6.07, 6.45) is 3.50. The van der Waals surface area contributed by atoms with Gasteiger partial charge in [-0.25, -0.2) is 5.01 Å². The van der Waals surface area contributed by atoms with Gasteiger partial charge in [0, 0.05) is 30.9 Å². The van der Waals surface area contributed by atoms with Crippen LogP contribution in [0.15, 0.2) is 78.2 Å². The van der Waals surface area contributed by atoms with E-state index in [-0.39, 0.29) is 17.3 Å². The predicted molar refractivity (Wildman–Crippen MR) is 106 cm³/mol. The minimum Gasteiger partial charge on any atom is -0.508 e. The molecule has 0 aliphatic carbocycles. The number of rotatable bonds is 4. The number of amides is 1. The zero-order valence-electron chi connectivity index (χ0n) is 15.2. The van der Waals surface area contributed by atoms with E-state index in [1.807, 2.05) is 0 Å². The van der Waals surface area contributed by atoms with Gasteiger partial charge in [0.1, 0.15) is 5.75 Å². The molecule has 1 aliphatic heterocycles. The van der Waals surface area contributed by atoms with Gasteiger partial charge < -0.3 is 5.11 Å². The Morgan fingerprint density at radius 1 is 1.10 bits per heavy atom. The van der Waals surface area contributed by atoms with Gasteiger partial charge >= 0.3 is 0 Å². The molecule has 29 heavy (non-hydrogen) atoms. The number of nitro benzene ring substituents is 1. The molecule has 0 saturated carbocycles. The van der Waals surface area contributed by atoms with Crippen molar-refractivity contribution in [2.75, 3.05) is 0 Å². The highest BCUT2D eigenvalue weighted by Gasteiger charge is 2.34. The van der Waals surface area contributed by atoms with Crippen LogP contribution in [0, 0.1) is 10.1 Å². The lowest BCUT2D eigenvalue weighted by Crippen LogP contribution is -2.27. The van der Waals surface area contributed by atoms with Crippen molar-refractivity contribution >= 4 is 17.3 Å². The van der Waals surface area contributed by atoms with Gasteiger partial charge in [-0.2, -0.15) is 5.10 Å². The molecule has 4 rings (SSSR count). The smallest absolute Gasteiger partial charge is 0.276 e. The van der Waals surface area contributed by atoms with Crippen LogP contribution in [0.25, 0.3) is 0 Å². The van der Waals surface area contributed by atoms with Crippen molar-refractivity contribution in [2.45, 2.75) is 12.5 Å². The van der Waals surface area contributed by atoms with Gasteiger partial charge in [-0.3, -0.25) is 19.9 Å². The maximum absolute atomic E-state index is 13.1. The van der Waals surface area contributed by atoms with E-state index in [0.29, 0.717) is 17.7 Å². The van der Waals surface area contributed by atoms with Gasteiger partial charge in [-0.1, -0.05) is 12.1 Å². The zero-order chi connectivity index (χ0) is 20.4. The van der Waals surface area contributed by atoms with E-state index in [4.69, 9.17) is 0 Å². The van der Waals surface area contributed by atoms with Crippen molar-refractivity contribution in [1.29, 1.82) is 0 Å². The number of nitro groups is 1. The molecule has 144 valence electrons. The molecule has 1 aliphatic rings. The molecule has 0 bridgehead atoms. The molecule has 1 amide bonds. The number of phenolic OH excluding ortho intramolecular Hbond substituents is 1. The molecule has 1 N–H and O–H groups in total. The molecule has 8 nitrogen and oxygen atoms in total. The highest BCUT2D eigenvalue weighted by atomic mass is 16.6. The van der Waals surface area contributed by atoms with Crippen LogP contribution in [0.5, 0.6) is 5.75 Å². The van der Waals surface area contributed by atoms with Gasteiger partial charge in [0.05, 0.1) is 22.2 Å². The Morgan fingerprint density at radius 3 is 2.45 bits per heavy atom. The molecule has 0 radical (unpaired) electrons. The number of benzene rings is 2. The van der Waals surface area contributed by atoms with Gasteiger partial charge in [0.2, 0.25) is 0 Å². The molecule has 1 aromatic heterocycles. The molecule has 3 aromatic rings. The second-order valence-corrected chi connectivity index (χ2v) is 6.55. The van der Waals surface area contributed by atoms with Crippen LogP contribution in [0.3, 0.4) is 0 Å². The summed E-state index contributed by atoms with van der Waals surface area (Å²) in [6.45, 7) is 0. The molecular weight excluding hydrogens is 372 g/mol. The average molecular weight is 388 g/mol. The fraction of sp³-hybridized carbons (Fsp3) is 0.0952. The molecular formula is C21H16N4O4. The number of non-ortho nitro benzene ring substituents is 1. The largest absolute Gasteiger partial charge is 0.508 e. The van der Waals surface area contributed by atoms with Gasteiger partial charge in [-0.15, -0.1) is 0 Å². The maximum atomic E-state index is 13.1. The van der Waals surface area contributed by atoms with Crippen LogP contribution < -0.4 is 0 Å². The first-order valence-corrected chi connectivity index (χ1v) is 8.88. The van der Waals surface area contributed by atoms with E-state index < -0.39 is 11.0 Å². The lowest BCUT2D eigenvalue weighted by Gasteiger charge is -2.22. The van der Waals surface area contributed by atoms with Gasteiger partial charge in [0.25, 0.3) is 11.6 Å². The number of hydrazone groups is 1. The number of aromatic hydroxyl groups is 1. The van der Waals surface area contributed by atoms with E-state index in [9.17, 15) is 20.0 Å². The number of phenols is 1. The van der Waals surface area contributed by atoms with Crippen LogP contribution in [0.4, 0.5) is 5.69 Å². The standard InChI is InChI=1S/C21H16N4O4/c26-18-9-5-14(6-10-18)19-12-20(15-3-7-17(8-4-15)25(28)29)24(23-19)21(27)16-2-1-11-22-13-16/h1-11,13,20,26H,12H2. The molecule has 0 saturated heterocycles. The molecule has 1 unspecified atom stereocenters. The highest BCUT2D eigenvalue weighted by Crippen LogP contribution is 2.34. The minimum absolute atomic E-state index is 0.0171. The number of carbonyl (C=O) groups is 1. The van der Waals surface area contributed by atoms with E-state index in [1.165, 1.54) is 23.3 Å². The zero-order valence-corrected chi connectivity index (χ0v) is 15.2. The molecule has 0 fully saturated rings. The summed E-state index contributed by atoms with van der Waals surface area (Å²) in [5.41, 5.74) is 2.60. The molecule has 2 heterocycles. The predicted octanol–water partition coefficient (Wildman–Crippen LogP) is 3.69. The lowest BCUT2D eigenvalue weighted by molar-refractivity contribution is -0.384. The fourth-order valence-electron chi connectivity index (χ4n) is 3.23. The Balaban J connectivity index is 1.71. The van der Waals surface area contributed by atoms with E-state index in [0.717, 1.165) is 11.1 Å². The minimum atomic E-state index is -0.463. The van der Waals surface area contributed by atoms with E-state index in [2.05, 4.69) is 10.1 Å². The number of pyridine rings is 1. The second kappa shape index (κ2) is 7.51. The molecule has 0 spiro atoms. The van der Waals surface area contributed by atoms with Crippen molar-refractivity contribution in [2.24, 2.45) is 5.10 Å². The van der Waals surface area contributed by atoms with E-state index in [1.54, 1.807) is 54.7 Å². The summed E-state index contributed by atoms with van der Waals surface area (Å²) in [6, 6.07) is 15.6. The topological polar surface area (TPSA) is 109 Å². The van der Waals surface area contributed by atoms with Crippen LogP contribution in [-0.2, 0) is 0 Å². The van der Waals surface area contributed by atoms with Crippen molar-refractivity contribution in [3.05, 3.63) is 99.9 Å². The van der Waals surface area contributed by atoms with Crippen molar-refractivity contribution in [3.63, 3.8) is 0 Å². The third-order valence-corrected chi connectivity index (χ3v) is 4.72. The van der Waals surface area contributed by atoms with Gasteiger partial charge in [0.15, 0.2) is 0 Å². The number of hydrogen-bond donors (Lipinski definition) is 1. The van der Waals surface area contributed by atoms with E-state index >= 15 is 0 Å². The third kappa shape index (κ3) is 3.68. The summed E-state index contributed by atoms with van der Waals surface area (Å²) in [5.74, 6) is -0.169. The van der Waals surface area contributed by atoms with Crippen LogP contribution in [-0.4, -0.2) is 31.6 Å². The first kappa shape index (κ1) is 18.3. The van der Waals surface area contributed by atoms with Crippen LogP contribution >= 0.6 is 0 Å². The summed E-state index contributed by atoms with van der Waals surface area (Å²) in [5, 5.41) is 26.4. The van der Waals surface area contributed by atoms with Crippen molar-refractivity contribution < 1.29 is 14.8 Å². The first-order valence-electron chi connectivity index (χ1n) is 8.88. The Kier molecular flexibility index (Phi) is 4.74. The quantitative estimate of drug-likeness (QED) is 0.542. The Hall–Kier alpha value is -4.07. The van der Waals surface area contributed by atoms with Crippen LogP contribution in [0.2, 0.25) is 0 Å². The molecule has 8 heteroatoms. The Morgan fingerprint density at radius 2 is 1.83 bits per heavy atom. The third-order valence-electron chi connectivity index (χ3n) is 4.72. The summed E-state index contributed by atoms with van der Waals surface area (Å²) in [4.78, 5) is 27.5. The molecule has 1 atom stereocenters. The Labute approximate surface area is 165 Å². The highest BCUT2D eigenvalue weighted by molar-refractivity contribution is 6.05. The maximum Gasteiger partial charge on any atom is 0.276 e. The van der Waals surface area contributed by atoms with Crippen molar-refractivity contribution in [3.8, 4) is 5.75 Å². The average Bonchev–Trinajstić information content (AvgIpc) is 3.20. The number of nitrogens with zero attached hydrogens (tertiary/aromatic N) is 4. The fourth-order valence-corrected chi connectivity index (χ4v) is 3.23. The number of carbonyl (C=O) groups excluding carboxylic acids is 1. The lowest BCUT2D eigenvalue weighted by atomic mass is 9.98. The second-order valence-electron chi connectivity index (χ2n) is 6.55. The molecule has 2 aromatic carbocycles. The monoisotopic (exact) mass is 388 g/mol. The summed E-state index contributed by atoms with van der Waals surface area (Å²) in [7, 11) is 0.